The molecule has 194 valence electrons. The van der Waals surface area contributed by atoms with Crippen molar-refractivity contribution in [3.8, 4) is 0 Å². The molecule has 0 radical (unpaired) electrons. The molecule has 0 spiro atoms. The first-order valence-electron chi connectivity index (χ1n) is 11.2. The van der Waals surface area contributed by atoms with Crippen molar-refractivity contribution in [2.24, 2.45) is 0 Å². The number of halogens is 1. The fourth-order valence-corrected chi connectivity index (χ4v) is 5.61. The van der Waals surface area contributed by atoms with Crippen LogP contribution in [-0.2, 0) is 27.8 Å². The molecule has 0 aliphatic carbocycles. The lowest BCUT2D eigenvalue weighted by atomic mass is 10.2. The van der Waals surface area contributed by atoms with Gasteiger partial charge in [0.1, 0.15) is 11.5 Å². The summed E-state index contributed by atoms with van der Waals surface area (Å²) in [5, 5.41) is 0.355. The molecule has 1 amide bonds. The molecule has 36 heavy (non-hydrogen) atoms. The standard InChI is InChI=1S/C24H29ClN4O5S2/c1-5-6-13-36(33,34)27(4)21-12-9-19(22(25)14-21)15-28-16-23(26-18(28)3)24(30)29(35(31)32)20-10-7-17(2)8-11-20/h7-12,14,16H,5-6,13,15H2,1-4H3,(H,31,32)/p-1. The number of anilines is 2. The lowest BCUT2D eigenvalue weighted by Gasteiger charge is -2.23. The van der Waals surface area contributed by atoms with Gasteiger partial charge in [-0.3, -0.25) is 13.3 Å². The van der Waals surface area contributed by atoms with Gasteiger partial charge in [-0.2, -0.15) is 0 Å². The van der Waals surface area contributed by atoms with Crippen LogP contribution in [0.3, 0.4) is 0 Å². The predicted octanol–water partition coefficient (Wildman–Crippen LogP) is 4.21. The van der Waals surface area contributed by atoms with Crippen LogP contribution in [-0.4, -0.2) is 45.4 Å². The highest BCUT2D eigenvalue weighted by molar-refractivity contribution is 7.92. The molecule has 0 aliphatic heterocycles. The quantitative estimate of drug-likeness (QED) is 0.348. The number of carbonyl (C=O) groups is 1. The van der Waals surface area contributed by atoms with Crippen molar-refractivity contribution in [2.45, 2.75) is 40.2 Å². The fraction of sp³-hybridized carbons (Fsp3) is 0.333. The molecule has 3 aromatic rings. The third-order valence-electron chi connectivity index (χ3n) is 5.71. The van der Waals surface area contributed by atoms with E-state index in [1.165, 1.54) is 17.5 Å². The summed E-state index contributed by atoms with van der Waals surface area (Å²) in [6.45, 7) is 5.73. The molecule has 12 heteroatoms. The van der Waals surface area contributed by atoms with E-state index in [0.717, 1.165) is 12.0 Å². The molecule has 0 saturated heterocycles. The summed E-state index contributed by atoms with van der Waals surface area (Å²) < 4.78 is 52.3. The Balaban J connectivity index is 1.83. The molecule has 1 aromatic heterocycles. The highest BCUT2D eigenvalue weighted by Crippen LogP contribution is 2.27. The molecule has 0 fully saturated rings. The number of carbonyl (C=O) groups excluding carboxylic acids is 1. The van der Waals surface area contributed by atoms with E-state index in [2.05, 4.69) is 4.98 Å². The number of hydrogen-bond donors (Lipinski definition) is 0. The second-order valence-electron chi connectivity index (χ2n) is 8.37. The second kappa shape index (κ2) is 11.5. The van der Waals surface area contributed by atoms with Crippen molar-refractivity contribution in [2.75, 3.05) is 21.4 Å². The van der Waals surface area contributed by atoms with Crippen LogP contribution in [0.2, 0.25) is 5.02 Å². The smallest absolute Gasteiger partial charge is 0.289 e. The Labute approximate surface area is 219 Å². The number of sulfonamides is 1. The monoisotopic (exact) mass is 551 g/mol. The molecule has 0 saturated carbocycles. The van der Waals surface area contributed by atoms with E-state index in [-0.39, 0.29) is 23.7 Å². The summed E-state index contributed by atoms with van der Waals surface area (Å²) in [6.07, 6.45) is 2.81. The van der Waals surface area contributed by atoms with Gasteiger partial charge in [0.2, 0.25) is 10.0 Å². The van der Waals surface area contributed by atoms with Crippen LogP contribution in [0.1, 0.15) is 47.2 Å². The summed E-state index contributed by atoms with van der Waals surface area (Å²) in [7, 11) is -1.96. The van der Waals surface area contributed by atoms with E-state index in [1.54, 1.807) is 54.0 Å². The Kier molecular flexibility index (Phi) is 8.93. The predicted molar refractivity (Wildman–Crippen MR) is 142 cm³/mol. The zero-order valence-corrected chi connectivity index (χ0v) is 22.9. The van der Waals surface area contributed by atoms with E-state index in [1.807, 2.05) is 13.8 Å². The highest BCUT2D eigenvalue weighted by Gasteiger charge is 2.23. The summed E-state index contributed by atoms with van der Waals surface area (Å²) in [5.74, 6) is -0.245. The molecule has 1 heterocycles. The maximum atomic E-state index is 13.0. The molecule has 2 aromatic carbocycles. The molecule has 9 nitrogen and oxygen atoms in total. The van der Waals surface area contributed by atoms with Gasteiger partial charge < -0.3 is 9.12 Å². The summed E-state index contributed by atoms with van der Waals surface area (Å²) in [5.41, 5.74) is 2.23. The molecule has 3 rings (SSSR count). The number of hydrogen-bond acceptors (Lipinski definition) is 6. The van der Waals surface area contributed by atoms with Crippen molar-refractivity contribution in [3.63, 3.8) is 0 Å². The third kappa shape index (κ3) is 6.33. The maximum absolute atomic E-state index is 13.0. The number of nitrogens with zero attached hydrogens (tertiary/aromatic N) is 4. The average Bonchev–Trinajstić information content (AvgIpc) is 3.19. The Morgan fingerprint density at radius 1 is 1.14 bits per heavy atom. The van der Waals surface area contributed by atoms with Gasteiger partial charge in [0.05, 0.1) is 34.9 Å². The molecular formula is C24H28ClN4O5S2-. The van der Waals surface area contributed by atoms with E-state index in [0.29, 0.717) is 32.8 Å². The van der Waals surface area contributed by atoms with Gasteiger partial charge in [-0.05, 0) is 50.1 Å². The molecular weight excluding hydrogens is 524 g/mol. The average molecular weight is 552 g/mol. The Hall–Kier alpha value is -2.73. The first kappa shape index (κ1) is 27.9. The zero-order chi connectivity index (χ0) is 26.6. The van der Waals surface area contributed by atoms with Gasteiger partial charge in [0.25, 0.3) is 5.91 Å². The first-order valence-corrected chi connectivity index (χ1v) is 14.3. The van der Waals surface area contributed by atoms with E-state index in [4.69, 9.17) is 11.6 Å². The van der Waals surface area contributed by atoms with Gasteiger partial charge >= 0.3 is 0 Å². The van der Waals surface area contributed by atoms with Gasteiger partial charge in [0.15, 0.2) is 0 Å². The summed E-state index contributed by atoms with van der Waals surface area (Å²) in [4.78, 5) is 17.3. The lowest BCUT2D eigenvalue weighted by Crippen LogP contribution is -2.32. The number of imidazole rings is 1. The number of unbranched alkanes of at least 4 members (excludes halogenated alkanes) is 1. The zero-order valence-electron chi connectivity index (χ0n) is 20.5. The molecule has 1 unspecified atom stereocenters. The van der Waals surface area contributed by atoms with E-state index >= 15 is 0 Å². The third-order valence-corrected chi connectivity index (χ3v) is 8.59. The largest absolute Gasteiger partial charge is 0.755 e. The van der Waals surface area contributed by atoms with Crippen molar-refractivity contribution < 1.29 is 22.0 Å². The minimum Gasteiger partial charge on any atom is -0.755 e. The van der Waals surface area contributed by atoms with Crippen molar-refractivity contribution in [3.05, 3.63) is 76.3 Å². The number of amides is 1. The Morgan fingerprint density at radius 3 is 2.36 bits per heavy atom. The highest BCUT2D eigenvalue weighted by atomic mass is 35.5. The van der Waals surface area contributed by atoms with Crippen molar-refractivity contribution in [1.29, 1.82) is 0 Å². The molecule has 0 bridgehead atoms. The maximum Gasteiger partial charge on any atom is 0.289 e. The topological polar surface area (TPSA) is 116 Å². The SMILES string of the molecule is CCCCS(=O)(=O)N(C)c1ccc(Cn2cc(C(=O)N(c3ccc(C)cc3)S(=O)[O-])nc2C)c(Cl)c1. The lowest BCUT2D eigenvalue weighted by molar-refractivity contribution is 0.100. The van der Waals surface area contributed by atoms with Gasteiger partial charge in [-0.25, -0.2) is 17.7 Å². The van der Waals surface area contributed by atoms with Crippen LogP contribution in [0, 0.1) is 13.8 Å². The molecule has 0 aliphatic rings. The van der Waals surface area contributed by atoms with Crippen LogP contribution in [0.4, 0.5) is 11.4 Å². The van der Waals surface area contributed by atoms with Crippen LogP contribution in [0.5, 0.6) is 0 Å². The Morgan fingerprint density at radius 2 is 1.78 bits per heavy atom. The summed E-state index contributed by atoms with van der Waals surface area (Å²) in [6, 6.07) is 11.5. The number of aromatic nitrogens is 2. The fourth-order valence-electron chi connectivity index (χ4n) is 3.49. The summed E-state index contributed by atoms with van der Waals surface area (Å²) >= 11 is 3.63. The van der Waals surface area contributed by atoms with Crippen LogP contribution >= 0.6 is 11.6 Å². The minimum absolute atomic E-state index is 0.0354. The van der Waals surface area contributed by atoms with E-state index < -0.39 is 27.2 Å². The number of aryl methyl sites for hydroxylation is 2. The molecule has 0 N–H and O–H groups in total. The number of benzene rings is 2. The van der Waals surface area contributed by atoms with Gasteiger partial charge in [-0.15, -0.1) is 0 Å². The minimum atomic E-state index is -3.45. The van der Waals surface area contributed by atoms with Gasteiger partial charge in [-0.1, -0.05) is 48.7 Å². The van der Waals surface area contributed by atoms with E-state index in [9.17, 15) is 22.0 Å². The first-order chi connectivity index (χ1) is 16.9. The van der Waals surface area contributed by atoms with Gasteiger partial charge in [0, 0.05) is 18.3 Å². The second-order valence-corrected chi connectivity index (χ2v) is 11.7. The van der Waals surface area contributed by atoms with Crippen LogP contribution in [0.25, 0.3) is 0 Å². The Bertz CT molecular complexity index is 1370. The normalized spacial score (nSPS) is 12.4. The molecule has 1 atom stereocenters. The number of rotatable bonds is 10. The van der Waals surface area contributed by atoms with Crippen LogP contribution < -0.4 is 8.61 Å². The van der Waals surface area contributed by atoms with Crippen molar-refractivity contribution in [1.82, 2.24) is 9.55 Å². The van der Waals surface area contributed by atoms with Crippen LogP contribution in [0.15, 0.2) is 48.7 Å². The van der Waals surface area contributed by atoms with Crippen molar-refractivity contribution >= 4 is 50.2 Å².